The van der Waals surface area contributed by atoms with Gasteiger partial charge in [-0.05, 0) is 71.0 Å². The minimum absolute atomic E-state index is 0. The van der Waals surface area contributed by atoms with Crippen molar-refractivity contribution < 1.29 is 42.0 Å². The molecule has 0 spiro atoms. The molecule has 4 aromatic rings. The normalized spacial score (nSPS) is 17.5. The molecule has 0 aliphatic carbocycles. The summed E-state index contributed by atoms with van der Waals surface area (Å²) in [6.45, 7) is 10.6. The Morgan fingerprint density at radius 3 is 2.40 bits per heavy atom. The predicted octanol–water partition coefficient (Wildman–Crippen LogP) is 8.71. The number of thiazole rings is 1. The Hall–Kier alpha value is -5.11. The second kappa shape index (κ2) is 18.0. The summed E-state index contributed by atoms with van der Waals surface area (Å²) in [6.07, 6.45) is 1.55. The predicted molar refractivity (Wildman–Crippen MR) is 218 cm³/mol. The second-order valence-electron chi connectivity index (χ2n) is 15.3. The summed E-state index contributed by atoms with van der Waals surface area (Å²) in [7, 11) is 1.79. The number of hydrogen-bond donors (Lipinski definition) is 2. The summed E-state index contributed by atoms with van der Waals surface area (Å²) in [5.41, 5.74) is -0.104. The number of carbonyl (C=O) groups is 2. The number of ether oxygens (including phenoxy) is 2. The molecule has 1 aliphatic heterocycles. The van der Waals surface area contributed by atoms with Crippen LogP contribution in [0.1, 0.15) is 69.2 Å². The number of amides is 2. The van der Waals surface area contributed by atoms with Crippen LogP contribution in [-0.4, -0.2) is 82.4 Å². The van der Waals surface area contributed by atoms with E-state index in [0.29, 0.717) is 27.5 Å². The molecule has 1 aromatic heterocycles. The molecule has 0 saturated heterocycles. The maximum absolute atomic E-state index is 15.6. The van der Waals surface area contributed by atoms with Gasteiger partial charge in [-0.25, -0.2) is 23.0 Å². The van der Waals surface area contributed by atoms with Crippen LogP contribution in [0.5, 0.6) is 0 Å². The maximum Gasteiger partial charge on any atom is 0.516 e. The third kappa shape index (κ3) is 10.4. The number of aliphatic imine (C=N–C) groups is 1. The molecule has 5 rings (SSSR count). The Kier molecular flexibility index (Phi) is 14.1. The zero-order valence-electron chi connectivity index (χ0n) is 32.9. The molecular weight excluding hydrogens is 776 g/mol. The van der Waals surface area contributed by atoms with Gasteiger partial charge in [-0.2, -0.15) is 15.0 Å². The number of nitriles is 1. The SMILES string of the molecule is CC(C)[N+](C)(Cc1ccccc1NC(=O)OCC[N+]1(C[C@](O)(c2cc(F)ccc2F)[C@@H](C)c2nc(-c3ccc(C#N)cc3)cs2)C=NC=N1)C(=O)OC(C)(C)C.Cl. The number of rotatable bonds is 13. The number of halogens is 3. The van der Waals surface area contributed by atoms with E-state index in [0.717, 1.165) is 23.8 Å². The molecule has 2 N–H and O–H groups in total. The lowest BCUT2D eigenvalue weighted by Gasteiger charge is -2.38. The number of nitrogens with zero attached hydrogens (tertiary/aromatic N) is 6. The maximum atomic E-state index is 15.6. The van der Waals surface area contributed by atoms with E-state index >= 15 is 4.39 Å². The average Bonchev–Trinajstić information content (AvgIpc) is 3.83. The van der Waals surface area contributed by atoms with Crippen LogP contribution >= 0.6 is 23.7 Å². The zero-order valence-corrected chi connectivity index (χ0v) is 34.5. The summed E-state index contributed by atoms with van der Waals surface area (Å²) < 4.78 is 41.2. The van der Waals surface area contributed by atoms with Crippen molar-refractivity contribution in [2.75, 3.05) is 32.1 Å². The Bertz CT molecular complexity index is 2160. The van der Waals surface area contributed by atoms with Gasteiger partial charge in [0.1, 0.15) is 43.5 Å². The smallest absolute Gasteiger partial charge is 0.443 e. The number of anilines is 1. The van der Waals surface area contributed by atoms with Crippen LogP contribution in [0.25, 0.3) is 11.3 Å². The highest BCUT2D eigenvalue weighted by atomic mass is 35.5. The lowest BCUT2D eigenvalue weighted by molar-refractivity contribution is -0.873. The van der Waals surface area contributed by atoms with Crippen LogP contribution in [0, 0.1) is 23.0 Å². The molecule has 0 bridgehead atoms. The number of nitrogens with one attached hydrogen (secondary N) is 1. The second-order valence-corrected chi connectivity index (χ2v) is 16.2. The first-order valence-electron chi connectivity index (χ1n) is 18.1. The highest BCUT2D eigenvalue weighted by Crippen LogP contribution is 2.42. The van der Waals surface area contributed by atoms with Crippen molar-refractivity contribution in [2.24, 2.45) is 10.1 Å². The molecule has 57 heavy (non-hydrogen) atoms. The highest BCUT2D eigenvalue weighted by Gasteiger charge is 2.49. The van der Waals surface area contributed by atoms with Gasteiger partial charge in [0.25, 0.3) is 0 Å². The van der Waals surface area contributed by atoms with Crippen molar-refractivity contribution in [3.8, 4) is 17.3 Å². The topological polar surface area (TPSA) is 146 Å². The first-order chi connectivity index (χ1) is 26.4. The van der Waals surface area contributed by atoms with E-state index in [2.05, 4.69) is 21.5 Å². The van der Waals surface area contributed by atoms with Crippen LogP contribution in [0.3, 0.4) is 0 Å². The fourth-order valence-electron chi connectivity index (χ4n) is 6.23. The fraction of sp³-hybridized carbons (Fsp3) is 0.366. The van der Waals surface area contributed by atoms with E-state index in [1.807, 2.05) is 46.8 Å². The van der Waals surface area contributed by atoms with E-state index in [-0.39, 0.29) is 54.7 Å². The molecule has 16 heteroatoms. The van der Waals surface area contributed by atoms with Gasteiger partial charge < -0.3 is 14.6 Å². The largest absolute Gasteiger partial charge is 0.516 e. The van der Waals surface area contributed by atoms with Crippen LogP contribution in [-0.2, 0) is 21.6 Å². The van der Waals surface area contributed by atoms with Crippen LogP contribution < -0.4 is 5.32 Å². The highest BCUT2D eigenvalue weighted by molar-refractivity contribution is 7.10. The third-order valence-electron chi connectivity index (χ3n) is 9.87. The Morgan fingerprint density at radius 2 is 1.77 bits per heavy atom. The van der Waals surface area contributed by atoms with Gasteiger partial charge in [-0.3, -0.25) is 5.32 Å². The van der Waals surface area contributed by atoms with E-state index in [9.17, 15) is 24.3 Å². The first kappa shape index (κ1) is 44.6. The number of para-hydroxylation sites is 1. The Labute approximate surface area is 341 Å². The third-order valence-corrected chi connectivity index (χ3v) is 10.9. The summed E-state index contributed by atoms with van der Waals surface area (Å²) in [5, 5.41) is 31.3. The lowest BCUT2D eigenvalue weighted by Crippen LogP contribution is -2.55. The van der Waals surface area contributed by atoms with Gasteiger partial charge in [0.05, 0.1) is 41.1 Å². The molecule has 3 aromatic carbocycles. The molecule has 2 amide bonds. The van der Waals surface area contributed by atoms with Gasteiger partial charge in [-0.1, -0.05) is 42.4 Å². The van der Waals surface area contributed by atoms with Crippen molar-refractivity contribution in [2.45, 2.75) is 71.2 Å². The Balaban J connectivity index is 0.00000720. The van der Waals surface area contributed by atoms with Crippen LogP contribution in [0.2, 0.25) is 0 Å². The molecular formula is C41H48ClF2N7O5S+2. The van der Waals surface area contributed by atoms with E-state index in [1.54, 1.807) is 55.7 Å². The number of aromatic nitrogens is 1. The zero-order chi connectivity index (χ0) is 40.9. The molecule has 0 radical (unpaired) electrons. The first-order valence-corrected chi connectivity index (χ1v) is 19.0. The quantitative estimate of drug-likeness (QED) is 0.128. The number of aliphatic hydroxyl groups is 1. The van der Waals surface area contributed by atoms with E-state index < -0.39 is 45.5 Å². The fourth-order valence-corrected chi connectivity index (χ4v) is 7.21. The molecule has 4 atom stereocenters. The lowest BCUT2D eigenvalue weighted by atomic mass is 9.81. The number of carbonyl (C=O) groups excluding carboxylic acids is 2. The summed E-state index contributed by atoms with van der Waals surface area (Å²) >= 11 is 1.25. The number of benzene rings is 3. The van der Waals surface area contributed by atoms with Crippen molar-refractivity contribution >= 4 is 54.3 Å². The number of quaternary nitrogens is 2. The molecule has 302 valence electrons. The van der Waals surface area contributed by atoms with Crippen molar-refractivity contribution in [3.05, 3.63) is 105 Å². The molecule has 12 nitrogen and oxygen atoms in total. The van der Waals surface area contributed by atoms with Crippen LogP contribution in [0.15, 0.2) is 82.2 Å². The van der Waals surface area contributed by atoms with Crippen molar-refractivity contribution in [1.82, 2.24) is 4.98 Å². The molecule has 1 aliphatic rings. The van der Waals surface area contributed by atoms with Gasteiger partial charge in [0.15, 0.2) is 11.9 Å². The van der Waals surface area contributed by atoms with Crippen molar-refractivity contribution in [3.63, 3.8) is 0 Å². The van der Waals surface area contributed by atoms with Crippen molar-refractivity contribution in [1.29, 1.82) is 5.26 Å². The Morgan fingerprint density at radius 1 is 1.07 bits per heavy atom. The summed E-state index contributed by atoms with van der Waals surface area (Å²) in [4.78, 5) is 35.5. The van der Waals surface area contributed by atoms with E-state index in [4.69, 9.17) is 14.5 Å². The van der Waals surface area contributed by atoms with Gasteiger partial charge in [-0.15, -0.1) is 28.3 Å². The molecule has 2 unspecified atom stereocenters. The minimum Gasteiger partial charge on any atom is -0.443 e. The minimum atomic E-state index is -2.09. The standard InChI is InChI=1S/C41H46F2N7O5S.ClH/c1-27(2)49(7,39(52)55-40(4,5)6)22-31-10-8-9-11-35(31)48-38(51)54-19-18-50(26-45-25-46-50)24-41(53,33-20-32(42)16-17-34(33)43)28(3)37-47-36(23-56-37)30-14-12-29(21-44)13-15-30;/h8-17,20,23,25-28,53H,18-19,22,24H2,1-7H3;1H/q+1;/p+1/t28-,41+,49?,50?;/m0./s1. The molecule has 0 fully saturated rings. The van der Waals surface area contributed by atoms with Gasteiger partial charge in [0, 0.05) is 28.0 Å². The average molecular weight is 824 g/mol. The monoisotopic (exact) mass is 823 g/mol. The van der Waals surface area contributed by atoms with Gasteiger partial charge in [0.2, 0.25) is 6.34 Å². The summed E-state index contributed by atoms with van der Waals surface area (Å²) in [6, 6.07) is 18.8. The van der Waals surface area contributed by atoms with E-state index in [1.165, 1.54) is 24.0 Å². The molecule has 0 saturated carbocycles. The summed E-state index contributed by atoms with van der Waals surface area (Å²) in [5.74, 6) is -2.45. The van der Waals surface area contributed by atoms with Gasteiger partial charge >= 0.3 is 12.2 Å². The molecule has 2 heterocycles. The number of hydrogen-bond acceptors (Lipinski definition) is 10. The van der Waals surface area contributed by atoms with Crippen LogP contribution in [0.4, 0.5) is 24.1 Å².